The molecule has 242 valence electrons. The highest BCUT2D eigenvalue weighted by atomic mass is 35.5. The first kappa shape index (κ1) is 35.3. The average Bonchev–Trinajstić information content (AvgIpc) is 3.01. The number of methoxy groups -OCH3 is 1. The number of hydrogen-bond donors (Lipinski definition) is 2. The Bertz CT molecular complexity index is 1380. The summed E-state index contributed by atoms with van der Waals surface area (Å²) in [5, 5.41) is 5.83. The van der Waals surface area contributed by atoms with Crippen molar-refractivity contribution in [2.45, 2.75) is 65.2 Å². The van der Waals surface area contributed by atoms with E-state index in [0.29, 0.717) is 16.3 Å². The van der Waals surface area contributed by atoms with Gasteiger partial charge in [0.15, 0.2) is 6.10 Å². The van der Waals surface area contributed by atoms with Crippen LogP contribution < -0.4 is 15.4 Å². The molecule has 1 unspecified atom stereocenters. The number of carbonyl (C=O) groups excluding carboxylic acids is 4. The quantitative estimate of drug-likeness (QED) is 0.397. The number of halogens is 1. The number of amides is 2. The third-order valence-corrected chi connectivity index (χ3v) is 7.53. The van der Waals surface area contributed by atoms with E-state index in [-0.39, 0.29) is 37.6 Å². The minimum atomic E-state index is -1.13. The van der Waals surface area contributed by atoms with Crippen LogP contribution in [0.4, 0.5) is 0 Å². The van der Waals surface area contributed by atoms with Crippen LogP contribution in [0.15, 0.2) is 60.8 Å². The van der Waals surface area contributed by atoms with Gasteiger partial charge in [-0.25, -0.2) is 4.79 Å². The van der Waals surface area contributed by atoms with E-state index in [2.05, 4.69) is 15.6 Å². The van der Waals surface area contributed by atoms with Crippen LogP contribution in [0.3, 0.4) is 0 Å². The summed E-state index contributed by atoms with van der Waals surface area (Å²) in [6.45, 7) is 7.24. The maximum absolute atomic E-state index is 13.4. The largest absolute Gasteiger partial charge is 0.495 e. The first-order valence-corrected chi connectivity index (χ1v) is 15.4. The smallest absolute Gasteiger partial charge is 0.347 e. The molecule has 0 bridgehead atoms. The van der Waals surface area contributed by atoms with Crippen molar-refractivity contribution >= 4 is 41.4 Å². The molecule has 1 aliphatic heterocycles. The van der Waals surface area contributed by atoms with Crippen molar-refractivity contribution in [3.8, 4) is 5.75 Å². The normalized spacial score (nSPS) is 23.5. The standard InChI is InChI=1S/C34H42ClN3O7/c1-21(2)17-30-34(42)44-28(22(3)12-14-25-9-6-7-16-36-25)10-8-11-31(39)38-27(32(40)37-20-23(4)33(41)45-30)19-24-13-15-29(43-5)26(35)18-24/h6-9,11-16,18,21-23,27-28,30H,10,17,19-20H2,1-5H3,(H,37,40)(H,38,39)/b11-8+,14-12+/t22?,23-,27-,28+,30+/m1/s1. The number of ether oxygens (including phenoxy) is 3. The van der Waals surface area contributed by atoms with Gasteiger partial charge in [0.25, 0.3) is 0 Å². The number of aromatic nitrogens is 1. The molecular weight excluding hydrogens is 598 g/mol. The minimum absolute atomic E-state index is 0.0340. The third kappa shape index (κ3) is 11.4. The topological polar surface area (TPSA) is 133 Å². The van der Waals surface area contributed by atoms with Crippen molar-refractivity contribution in [3.05, 3.63) is 77.1 Å². The Kier molecular flexibility index (Phi) is 13.6. The monoisotopic (exact) mass is 639 g/mol. The van der Waals surface area contributed by atoms with Gasteiger partial charge < -0.3 is 24.8 Å². The second-order valence-electron chi connectivity index (χ2n) is 11.5. The van der Waals surface area contributed by atoms with Crippen LogP contribution in [0, 0.1) is 17.8 Å². The van der Waals surface area contributed by atoms with Crippen molar-refractivity contribution in [3.63, 3.8) is 0 Å². The SMILES string of the molecule is COc1ccc(C[C@H]2NC(=O)/C=C/C[C@@H](C(C)/C=C/c3ccccn3)OC(=O)[C@H](CC(C)C)OC(=O)[C@H](C)CNC2=O)cc1Cl. The number of esters is 2. The molecule has 1 aromatic heterocycles. The molecule has 10 nitrogen and oxygen atoms in total. The molecule has 0 fully saturated rings. The Balaban J connectivity index is 1.89. The number of nitrogens with zero attached hydrogens (tertiary/aromatic N) is 1. The van der Waals surface area contributed by atoms with Gasteiger partial charge in [0.05, 0.1) is 23.7 Å². The fraction of sp³-hybridized carbons (Fsp3) is 0.441. The van der Waals surface area contributed by atoms with Gasteiger partial charge in [0, 0.05) is 31.5 Å². The van der Waals surface area contributed by atoms with Crippen LogP contribution in [0.2, 0.25) is 5.02 Å². The second-order valence-corrected chi connectivity index (χ2v) is 11.9. The number of rotatable bonds is 8. The Morgan fingerprint density at radius 2 is 1.87 bits per heavy atom. The number of nitrogens with one attached hydrogen (secondary N) is 2. The van der Waals surface area contributed by atoms with Crippen LogP contribution >= 0.6 is 11.6 Å². The third-order valence-electron chi connectivity index (χ3n) is 7.23. The number of benzene rings is 1. The summed E-state index contributed by atoms with van der Waals surface area (Å²) in [4.78, 5) is 57.0. The second kappa shape index (κ2) is 17.3. The van der Waals surface area contributed by atoms with E-state index in [1.54, 1.807) is 37.4 Å². The number of cyclic esters (lactones) is 2. The summed E-state index contributed by atoms with van der Waals surface area (Å²) in [5.41, 5.74) is 1.44. The highest BCUT2D eigenvalue weighted by Crippen LogP contribution is 2.26. The van der Waals surface area contributed by atoms with Crippen molar-refractivity contribution < 1.29 is 33.4 Å². The van der Waals surface area contributed by atoms with Gasteiger partial charge in [-0.2, -0.15) is 0 Å². The summed E-state index contributed by atoms with van der Waals surface area (Å²) in [6, 6.07) is 9.68. The molecule has 2 heterocycles. The van der Waals surface area contributed by atoms with Gasteiger partial charge in [-0.15, -0.1) is 0 Å². The van der Waals surface area contributed by atoms with Crippen LogP contribution in [-0.4, -0.2) is 60.6 Å². The summed E-state index contributed by atoms with van der Waals surface area (Å²) in [7, 11) is 1.50. The van der Waals surface area contributed by atoms with Crippen LogP contribution in [0.1, 0.15) is 51.8 Å². The van der Waals surface area contributed by atoms with Gasteiger partial charge in [0.1, 0.15) is 17.9 Å². The lowest BCUT2D eigenvalue weighted by Crippen LogP contribution is -2.49. The minimum Gasteiger partial charge on any atom is -0.495 e. The zero-order valence-corrected chi connectivity index (χ0v) is 27.1. The number of carbonyl (C=O) groups is 4. The van der Waals surface area contributed by atoms with E-state index in [9.17, 15) is 19.2 Å². The van der Waals surface area contributed by atoms with E-state index in [1.165, 1.54) is 13.2 Å². The average molecular weight is 640 g/mol. The van der Waals surface area contributed by atoms with Crippen LogP contribution in [0.25, 0.3) is 6.08 Å². The van der Waals surface area contributed by atoms with Gasteiger partial charge in [0.2, 0.25) is 11.8 Å². The maximum atomic E-state index is 13.4. The van der Waals surface area contributed by atoms with E-state index >= 15 is 0 Å². The van der Waals surface area contributed by atoms with E-state index in [1.807, 2.05) is 51.1 Å². The molecule has 2 amide bonds. The molecule has 5 atom stereocenters. The highest BCUT2D eigenvalue weighted by Gasteiger charge is 2.31. The Morgan fingerprint density at radius 3 is 2.53 bits per heavy atom. The Hall–Kier alpha value is -4.18. The van der Waals surface area contributed by atoms with Crippen molar-refractivity contribution in [2.75, 3.05) is 13.7 Å². The molecule has 11 heteroatoms. The first-order chi connectivity index (χ1) is 21.5. The summed E-state index contributed by atoms with van der Waals surface area (Å²) in [5.74, 6) is -2.84. The predicted octanol–water partition coefficient (Wildman–Crippen LogP) is 4.70. The molecule has 0 saturated carbocycles. The highest BCUT2D eigenvalue weighted by molar-refractivity contribution is 6.32. The fourth-order valence-corrected chi connectivity index (χ4v) is 4.87. The van der Waals surface area contributed by atoms with Gasteiger partial charge in [-0.05, 0) is 54.3 Å². The van der Waals surface area contributed by atoms with Crippen LogP contribution in [-0.2, 0) is 35.1 Å². The molecule has 0 saturated heterocycles. The Morgan fingerprint density at radius 1 is 1.09 bits per heavy atom. The lowest BCUT2D eigenvalue weighted by atomic mass is 9.99. The van der Waals surface area contributed by atoms with Crippen LogP contribution in [0.5, 0.6) is 5.75 Å². The molecule has 0 spiro atoms. The molecule has 0 radical (unpaired) electrons. The molecule has 1 aromatic carbocycles. The molecule has 2 aromatic rings. The maximum Gasteiger partial charge on any atom is 0.347 e. The number of pyridine rings is 1. The summed E-state index contributed by atoms with van der Waals surface area (Å²) >= 11 is 6.29. The Labute approximate surface area is 269 Å². The van der Waals surface area contributed by atoms with Gasteiger partial charge >= 0.3 is 11.9 Å². The molecule has 0 aliphatic carbocycles. The van der Waals surface area contributed by atoms with Crippen molar-refractivity contribution in [2.24, 2.45) is 17.8 Å². The van der Waals surface area contributed by atoms with E-state index < -0.39 is 47.9 Å². The summed E-state index contributed by atoms with van der Waals surface area (Å²) in [6.07, 6.45) is 7.08. The lowest BCUT2D eigenvalue weighted by molar-refractivity contribution is -0.175. The molecule has 45 heavy (non-hydrogen) atoms. The zero-order valence-electron chi connectivity index (χ0n) is 26.3. The predicted molar refractivity (Wildman–Crippen MR) is 171 cm³/mol. The molecule has 3 rings (SSSR count). The molecular formula is C34H42ClN3O7. The van der Waals surface area contributed by atoms with Crippen molar-refractivity contribution in [1.82, 2.24) is 15.6 Å². The fourth-order valence-electron chi connectivity index (χ4n) is 4.59. The lowest BCUT2D eigenvalue weighted by Gasteiger charge is -2.26. The molecule has 2 N–H and O–H groups in total. The van der Waals surface area contributed by atoms with Gasteiger partial charge in [-0.3, -0.25) is 19.4 Å². The van der Waals surface area contributed by atoms with Crippen molar-refractivity contribution in [1.29, 1.82) is 0 Å². The number of hydrogen-bond acceptors (Lipinski definition) is 8. The van der Waals surface area contributed by atoms with Gasteiger partial charge in [-0.1, -0.05) is 63.6 Å². The molecule has 1 aliphatic rings. The van der Waals surface area contributed by atoms with E-state index in [4.69, 9.17) is 25.8 Å². The zero-order chi connectivity index (χ0) is 32.9. The first-order valence-electron chi connectivity index (χ1n) is 15.0. The van der Waals surface area contributed by atoms with E-state index in [0.717, 1.165) is 5.69 Å². The summed E-state index contributed by atoms with van der Waals surface area (Å²) < 4.78 is 16.8.